The summed E-state index contributed by atoms with van der Waals surface area (Å²) < 4.78 is 4.63. The molecule has 3 aliphatic heterocycles. The highest BCUT2D eigenvalue weighted by atomic mass is 32.2. The summed E-state index contributed by atoms with van der Waals surface area (Å²) in [7, 11) is 0. The highest BCUT2D eigenvalue weighted by Crippen LogP contribution is 2.71. The number of nitrogens with zero attached hydrogens (tertiary/aromatic N) is 3. The second-order valence-corrected chi connectivity index (χ2v) is 14.3. The molecule has 2 bridgehead atoms. The number of aliphatic hydroxyl groups excluding tert-OH is 1. The topological polar surface area (TPSA) is 90.4 Å². The Bertz CT molecular complexity index is 1190. The Morgan fingerprint density at radius 2 is 1.75 bits per heavy atom. The number of carbonyl (C=O) groups is 3. The molecule has 9 heteroatoms. The second-order valence-electron chi connectivity index (χ2n) is 12.4. The Hall–Kier alpha value is -2.78. The van der Waals surface area contributed by atoms with Gasteiger partial charge in [-0.2, -0.15) is 0 Å². The van der Waals surface area contributed by atoms with E-state index in [1.165, 1.54) is 0 Å². The lowest BCUT2D eigenvalue weighted by molar-refractivity contribution is -0.155. The smallest absolute Gasteiger partial charge is 0.311 e. The Morgan fingerprint density at radius 3 is 2.39 bits per heavy atom. The normalized spacial score (nSPS) is 26.9. The summed E-state index contributed by atoms with van der Waals surface area (Å²) in [6, 6.07) is 7.32. The molecular formula is C35H51N3O5S. The van der Waals surface area contributed by atoms with Gasteiger partial charge in [-0.05, 0) is 96.4 Å². The zero-order chi connectivity index (χ0) is 31.9. The summed E-state index contributed by atoms with van der Waals surface area (Å²) in [5, 5.41) is 9.34. The molecule has 242 valence electrons. The summed E-state index contributed by atoms with van der Waals surface area (Å²) in [4.78, 5) is 48.6. The molecule has 3 heterocycles. The van der Waals surface area contributed by atoms with Crippen molar-refractivity contribution in [2.24, 2.45) is 11.8 Å². The van der Waals surface area contributed by atoms with E-state index in [2.05, 4.69) is 38.8 Å². The number of esters is 1. The number of fused-ring (bicyclic) bond motifs is 1. The number of aliphatic hydroxyl groups is 1. The molecule has 1 N–H and O–H groups in total. The maximum Gasteiger partial charge on any atom is 0.311 e. The second kappa shape index (κ2) is 15.0. The van der Waals surface area contributed by atoms with E-state index in [0.29, 0.717) is 39.0 Å². The van der Waals surface area contributed by atoms with Crippen molar-refractivity contribution in [2.45, 2.75) is 87.7 Å². The molecule has 0 radical (unpaired) electrons. The molecule has 0 saturated carbocycles. The standard InChI is InChI=1S/C35H51N3O5S/c1-6-10-11-15-25-43-33(42)29-28-31(40)38(23-13-12-14-24-39)30(35(28)21-20-34(29,5)44-35)32(41)37(22-7-2)27-18-16-26(17-19-27)36(8-3)9-4/h6-7,16-19,28-30,39H,1-2,8-15,20-25H2,3-5H3/t28-,29-,30?,34+,35?/m0/s1. The third-order valence-electron chi connectivity index (χ3n) is 9.74. The molecule has 1 aromatic rings. The molecule has 1 aromatic carbocycles. The number of hydrogen-bond donors (Lipinski definition) is 1. The first-order valence-electron chi connectivity index (χ1n) is 16.4. The van der Waals surface area contributed by atoms with E-state index in [0.717, 1.165) is 56.6 Å². The van der Waals surface area contributed by atoms with E-state index in [1.54, 1.807) is 27.6 Å². The van der Waals surface area contributed by atoms with Crippen LogP contribution in [0.5, 0.6) is 0 Å². The quantitative estimate of drug-likeness (QED) is 0.129. The number of rotatable bonds is 18. The van der Waals surface area contributed by atoms with Crippen molar-refractivity contribution in [1.29, 1.82) is 0 Å². The SMILES string of the molecule is C=CCCCCOC(=O)[C@@H]1[C@H]2C(=O)N(CCCCCO)C(C(=O)N(CC=C)c3ccc(N(CC)CC)cc3)C23CC[C@@]1(C)S3. The van der Waals surface area contributed by atoms with Gasteiger partial charge in [0.2, 0.25) is 5.91 Å². The van der Waals surface area contributed by atoms with Crippen molar-refractivity contribution >= 4 is 40.9 Å². The van der Waals surface area contributed by atoms with Crippen LogP contribution in [0.15, 0.2) is 49.6 Å². The summed E-state index contributed by atoms with van der Waals surface area (Å²) in [6.45, 7) is 16.9. The number of benzene rings is 1. The van der Waals surface area contributed by atoms with Crippen LogP contribution < -0.4 is 9.80 Å². The van der Waals surface area contributed by atoms with E-state index in [9.17, 15) is 19.5 Å². The zero-order valence-corrected chi connectivity index (χ0v) is 27.7. The summed E-state index contributed by atoms with van der Waals surface area (Å²) >= 11 is 1.67. The van der Waals surface area contributed by atoms with Gasteiger partial charge in [0.1, 0.15) is 6.04 Å². The Kier molecular flexibility index (Phi) is 11.6. The van der Waals surface area contributed by atoms with Crippen LogP contribution in [0.1, 0.15) is 72.1 Å². The lowest BCUT2D eigenvalue weighted by Gasteiger charge is -2.37. The van der Waals surface area contributed by atoms with E-state index in [1.807, 2.05) is 30.3 Å². The molecule has 1 spiro atoms. The average molecular weight is 626 g/mol. The van der Waals surface area contributed by atoms with Crippen LogP contribution in [-0.4, -0.2) is 82.7 Å². The number of amides is 2. The van der Waals surface area contributed by atoms with E-state index >= 15 is 0 Å². The highest BCUT2D eigenvalue weighted by molar-refractivity contribution is 8.02. The first kappa shape index (κ1) is 34.1. The van der Waals surface area contributed by atoms with E-state index in [-0.39, 0.29) is 24.4 Å². The van der Waals surface area contributed by atoms with Gasteiger partial charge in [-0.25, -0.2) is 0 Å². The molecule has 5 atom stereocenters. The zero-order valence-electron chi connectivity index (χ0n) is 26.8. The number of thioether (sulfide) groups is 1. The van der Waals surface area contributed by atoms with E-state index < -0.39 is 27.4 Å². The molecule has 3 fully saturated rings. The van der Waals surface area contributed by atoms with Gasteiger partial charge >= 0.3 is 5.97 Å². The monoisotopic (exact) mass is 625 g/mol. The fourth-order valence-electron chi connectivity index (χ4n) is 7.56. The van der Waals surface area contributed by atoms with Crippen molar-refractivity contribution in [2.75, 3.05) is 49.2 Å². The van der Waals surface area contributed by atoms with Crippen LogP contribution in [0, 0.1) is 11.8 Å². The number of carbonyl (C=O) groups excluding carboxylic acids is 3. The van der Waals surface area contributed by atoms with Crippen molar-refractivity contribution in [3.8, 4) is 0 Å². The third-order valence-corrected chi connectivity index (χ3v) is 11.7. The Labute approximate surface area is 267 Å². The molecule has 8 nitrogen and oxygen atoms in total. The van der Waals surface area contributed by atoms with Crippen LogP contribution in [-0.2, 0) is 19.1 Å². The fraction of sp³-hybridized carbons (Fsp3) is 0.629. The third kappa shape index (κ3) is 6.45. The number of ether oxygens (including phenoxy) is 1. The van der Waals surface area contributed by atoms with Gasteiger partial charge in [-0.3, -0.25) is 14.4 Å². The average Bonchev–Trinajstić information content (AvgIpc) is 3.59. The summed E-state index contributed by atoms with van der Waals surface area (Å²) in [5.41, 5.74) is 1.85. The number of allylic oxidation sites excluding steroid dienone is 1. The van der Waals surface area contributed by atoms with Crippen LogP contribution in [0.25, 0.3) is 0 Å². The van der Waals surface area contributed by atoms with Crippen molar-refractivity contribution in [3.05, 3.63) is 49.6 Å². The first-order chi connectivity index (χ1) is 21.2. The van der Waals surface area contributed by atoms with Gasteiger partial charge in [0, 0.05) is 48.9 Å². The highest BCUT2D eigenvalue weighted by Gasteiger charge is 2.77. The molecule has 0 aromatic heterocycles. The molecule has 3 aliphatic rings. The number of unbranched alkanes of at least 4 members (excludes halogenated alkanes) is 4. The minimum absolute atomic E-state index is 0.0917. The molecule has 3 saturated heterocycles. The summed E-state index contributed by atoms with van der Waals surface area (Å²) in [6.07, 6.45) is 9.62. The van der Waals surface area contributed by atoms with Gasteiger partial charge in [0.05, 0.1) is 23.2 Å². The van der Waals surface area contributed by atoms with Gasteiger partial charge in [-0.15, -0.1) is 24.9 Å². The molecule has 2 unspecified atom stereocenters. The number of hydrogen-bond acceptors (Lipinski definition) is 7. The first-order valence-corrected chi connectivity index (χ1v) is 17.2. The molecule has 2 amide bonds. The lowest BCUT2D eigenvalue weighted by Crippen LogP contribution is -2.55. The molecule has 4 rings (SSSR count). The molecule has 0 aliphatic carbocycles. The maximum atomic E-state index is 14.8. The van der Waals surface area contributed by atoms with Gasteiger partial charge in [-0.1, -0.05) is 12.2 Å². The van der Waals surface area contributed by atoms with Gasteiger partial charge < -0.3 is 24.5 Å². The van der Waals surface area contributed by atoms with Crippen LogP contribution >= 0.6 is 11.8 Å². The van der Waals surface area contributed by atoms with Crippen molar-refractivity contribution < 1.29 is 24.2 Å². The van der Waals surface area contributed by atoms with Gasteiger partial charge in [0.25, 0.3) is 5.91 Å². The van der Waals surface area contributed by atoms with E-state index in [4.69, 9.17) is 4.74 Å². The Morgan fingerprint density at radius 1 is 1.05 bits per heavy atom. The minimum Gasteiger partial charge on any atom is -0.465 e. The maximum absolute atomic E-state index is 14.8. The fourth-order valence-corrected chi connectivity index (χ4v) is 9.90. The minimum atomic E-state index is -0.701. The number of anilines is 2. The predicted octanol–water partition coefficient (Wildman–Crippen LogP) is 5.60. The van der Waals surface area contributed by atoms with Crippen LogP contribution in [0.3, 0.4) is 0 Å². The lowest BCUT2D eigenvalue weighted by atomic mass is 9.66. The predicted molar refractivity (Wildman–Crippen MR) is 179 cm³/mol. The van der Waals surface area contributed by atoms with Crippen LogP contribution in [0.4, 0.5) is 11.4 Å². The van der Waals surface area contributed by atoms with Gasteiger partial charge in [0.15, 0.2) is 0 Å². The van der Waals surface area contributed by atoms with Crippen molar-refractivity contribution in [1.82, 2.24) is 4.90 Å². The summed E-state index contributed by atoms with van der Waals surface area (Å²) in [5.74, 6) is -1.76. The molecule has 44 heavy (non-hydrogen) atoms. The van der Waals surface area contributed by atoms with Crippen LogP contribution in [0.2, 0.25) is 0 Å². The Balaban J connectivity index is 1.67. The largest absolute Gasteiger partial charge is 0.465 e. The van der Waals surface area contributed by atoms with Crippen molar-refractivity contribution in [3.63, 3.8) is 0 Å². The number of likely N-dealkylation sites (tertiary alicyclic amines) is 1. The molecular weight excluding hydrogens is 574 g/mol.